The van der Waals surface area contributed by atoms with Crippen molar-refractivity contribution >= 4 is 6.03 Å². The molecule has 1 heterocycles. The van der Waals surface area contributed by atoms with Gasteiger partial charge in [-0.25, -0.2) is 4.79 Å². The molecule has 0 aromatic heterocycles. The third kappa shape index (κ3) is 2.12. The maximum Gasteiger partial charge on any atom is 0.315 e. The average molecular weight is 204 g/mol. The van der Waals surface area contributed by atoms with Crippen LogP contribution in [-0.4, -0.2) is 12.6 Å². The zero-order valence-electron chi connectivity index (χ0n) is 9.08. The summed E-state index contributed by atoms with van der Waals surface area (Å²) in [5, 5.41) is 5.62. The molecule has 0 radical (unpaired) electrons. The highest BCUT2D eigenvalue weighted by Gasteiger charge is 2.21. The van der Waals surface area contributed by atoms with Crippen LogP contribution in [0.15, 0.2) is 24.3 Å². The Morgan fingerprint density at radius 1 is 1.27 bits per heavy atom. The molecule has 1 fully saturated rings. The Bertz CT molecular complexity index is 356. The van der Waals surface area contributed by atoms with Gasteiger partial charge in [-0.2, -0.15) is 0 Å². The van der Waals surface area contributed by atoms with Gasteiger partial charge in [0.15, 0.2) is 0 Å². The molecule has 0 saturated carbocycles. The minimum Gasteiger partial charge on any atom is -0.336 e. The van der Waals surface area contributed by atoms with Crippen LogP contribution >= 0.6 is 0 Å². The summed E-state index contributed by atoms with van der Waals surface area (Å²) < 4.78 is 0. The van der Waals surface area contributed by atoms with E-state index >= 15 is 0 Å². The standard InChI is InChI=1S/C12H16N2O/c1-8(2)9-3-5-10(6-4-9)11-7-13-12(15)14-11/h3-6,8,11H,7H2,1-2H3,(H2,13,14,15)/t11-/m0/s1. The zero-order valence-corrected chi connectivity index (χ0v) is 9.08. The number of benzene rings is 1. The van der Waals surface area contributed by atoms with E-state index in [4.69, 9.17) is 0 Å². The predicted octanol–water partition coefficient (Wildman–Crippen LogP) is 2.16. The number of carbonyl (C=O) groups is 1. The molecule has 15 heavy (non-hydrogen) atoms. The van der Waals surface area contributed by atoms with Gasteiger partial charge in [0.2, 0.25) is 0 Å². The molecule has 2 N–H and O–H groups in total. The van der Waals surface area contributed by atoms with Crippen molar-refractivity contribution < 1.29 is 4.79 Å². The summed E-state index contributed by atoms with van der Waals surface area (Å²) in [4.78, 5) is 11.0. The molecular formula is C12H16N2O. The van der Waals surface area contributed by atoms with Crippen molar-refractivity contribution in [3.05, 3.63) is 35.4 Å². The van der Waals surface area contributed by atoms with Gasteiger partial charge < -0.3 is 10.6 Å². The van der Waals surface area contributed by atoms with E-state index in [-0.39, 0.29) is 12.1 Å². The maximum absolute atomic E-state index is 11.0. The zero-order chi connectivity index (χ0) is 10.8. The molecule has 1 aliphatic rings. The highest BCUT2D eigenvalue weighted by Crippen LogP contribution is 2.19. The fourth-order valence-corrected chi connectivity index (χ4v) is 1.77. The van der Waals surface area contributed by atoms with Crippen molar-refractivity contribution in [3.8, 4) is 0 Å². The Morgan fingerprint density at radius 3 is 2.40 bits per heavy atom. The lowest BCUT2D eigenvalue weighted by Gasteiger charge is -2.11. The molecule has 0 spiro atoms. The largest absolute Gasteiger partial charge is 0.336 e. The maximum atomic E-state index is 11.0. The lowest BCUT2D eigenvalue weighted by atomic mass is 9.99. The van der Waals surface area contributed by atoms with Crippen LogP contribution in [0.2, 0.25) is 0 Å². The first-order valence-corrected chi connectivity index (χ1v) is 5.31. The number of rotatable bonds is 2. The van der Waals surface area contributed by atoms with E-state index in [1.807, 2.05) is 0 Å². The van der Waals surface area contributed by atoms with Crippen LogP contribution in [0.3, 0.4) is 0 Å². The van der Waals surface area contributed by atoms with Gasteiger partial charge >= 0.3 is 6.03 Å². The van der Waals surface area contributed by atoms with E-state index in [0.717, 1.165) is 5.56 Å². The minimum absolute atomic E-state index is 0.0760. The predicted molar refractivity (Wildman–Crippen MR) is 59.8 cm³/mol. The minimum atomic E-state index is -0.0760. The number of hydrogen-bond acceptors (Lipinski definition) is 1. The van der Waals surface area contributed by atoms with E-state index in [1.54, 1.807) is 0 Å². The average Bonchev–Trinajstić information content (AvgIpc) is 2.65. The quantitative estimate of drug-likeness (QED) is 0.761. The fourth-order valence-electron chi connectivity index (χ4n) is 1.77. The second-order valence-electron chi connectivity index (χ2n) is 4.23. The second-order valence-corrected chi connectivity index (χ2v) is 4.23. The van der Waals surface area contributed by atoms with E-state index in [2.05, 4.69) is 48.7 Å². The van der Waals surface area contributed by atoms with Crippen molar-refractivity contribution in [2.75, 3.05) is 6.54 Å². The molecule has 1 aromatic carbocycles. The first-order valence-electron chi connectivity index (χ1n) is 5.31. The SMILES string of the molecule is CC(C)c1ccc([C@@H]2CNC(=O)N2)cc1. The number of urea groups is 1. The second kappa shape index (κ2) is 3.93. The Labute approximate surface area is 89.9 Å². The number of nitrogens with one attached hydrogen (secondary N) is 2. The molecule has 1 atom stereocenters. The van der Waals surface area contributed by atoms with Crippen LogP contribution in [0, 0.1) is 0 Å². The highest BCUT2D eigenvalue weighted by atomic mass is 16.2. The van der Waals surface area contributed by atoms with Crippen molar-refractivity contribution in [2.45, 2.75) is 25.8 Å². The van der Waals surface area contributed by atoms with Crippen molar-refractivity contribution in [1.29, 1.82) is 0 Å². The molecule has 0 aliphatic carbocycles. The fraction of sp³-hybridized carbons (Fsp3) is 0.417. The molecule has 0 bridgehead atoms. The van der Waals surface area contributed by atoms with Crippen LogP contribution in [-0.2, 0) is 0 Å². The Kier molecular flexibility index (Phi) is 2.62. The van der Waals surface area contributed by atoms with Crippen LogP contribution in [0.25, 0.3) is 0 Å². The summed E-state index contributed by atoms with van der Waals surface area (Å²) in [6.45, 7) is 5.03. The Morgan fingerprint density at radius 2 is 1.93 bits per heavy atom. The molecular weight excluding hydrogens is 188 g/mol. The van der Waals surface area contributed by atoms with Gasteiger partial charge in [-0.3, -0.25) is 0 Å². The molecule has 3 nitrogen and oxygen atoms in total. The van der Waals surface area contributed by atoms with E-state index < -0.39 is 0 Å². The monoisotopic (exact) mass is 204 g/mol. The van der Waals surface area contributed by atoms with Crippen LogP contribution in [0.1, 0.15) is 36.9 Å². The molecule has 80 valence electrons. The molecule has 1 aromatic rings. The third-order valence-electron chi connectivity index (χ3n) is 2.78. The summed E-state index contributed by atoms with van der Waals surface area (Å²) in [5.41, 5.74) is 2.49. The van der Waals surface area contributed by atoms with Crippen molar-refractivity contribution in [1.82, 2.24) is 10.6 Å². The Balaban J connectivity index is 2.13. The van der Waals surface area contributed by atoms with Gasteiger partial charge in [0.25, 0.3) is 0 Å². The summed E-state index contributed by atoms with van der Waals surface area (Å²) in [6, 6.07) is 8.49. The summed E-state index contributed by atoms with van der Waals surface area (Å²) in [5.74, 6) is 0.551. The van der Waals surface area contributed by atoms with E-state index in [1.165, 1.54) is 5.56 Å². The van der Waals surface area contributed by atoms with Crippen LogP contribution in [0.5, 0.6) is 0 Å². The summed E-state index contributed by atoms with van der Waals surface area (Å²) >= 11 is 0. The number of carbonyl (C=O) groups excluding carboxylic acids is 1. The lowest BCUT2D eigenvalue weighted by molar-refractivity contribution is 0.247. The Hall–Kier alpha value is -1.51. The number of hydrogen-bond donors (Lipinski definition) is 2. The summed E-state index contributed by atoms with van der Waals surface area (Å²) in [6.07, 6.45) is 0. The highest BCUT2D eigenvalue weighted by molar-refractivity contribution is 5.76. The van der Waals surface area contributed by atoms with Gasteiger partial charge in [-0.1, -0.05) is 38.1 Å². The lowest BCUT2D eigenvalue weighted by Crippen LogP contribution is -2.21. The molecule has 1 saturated heterocycles. The summed E-state index contributed by atoms with van der Waals surface area (Å²) in [7, 11) is 0. The smallest absolute Gasteiger partial charge is 0.315 e. The third-order valence-corrected chi connectivity index (χ3v) is 2.78. The first kappa shape index (κ1) is 10.0. The first-order chi connectivity index (χ1) is 7.16. The van der Waals surface area contributed by atoms with Crippen molar-refractivity contribution in [3.63, 3.8) is 0 Å². The van der Waals surface area contributed by atoms with Crippen LogP contribution < -0.4 is 10.6 Å². The topological polar surface area (TPSA) is 41.1 Å². The van der Waals surface area contributed by atoms with E-state index in [9.17, 15) is 4.79 Å². The molecule has 1 aliphatic heterocycles. The van der Waals surface area contributed by atoms with Gasteiger partial charge in [0, 0.05) is 6.54 Å². The molecule has 0 unspecified atom stereocenters. The van der Waals surface area contributed by atoms with Gasteiger partial charge in [-0.15, -0.1) is 0 Å². The van der Waals surface area contributed by atoms with Gasteiger partial charge in [0.1, 0.15) is 0 Å². The van der Waals surface area contributed by atoms with Gasteiger partial charge in [0.05, 0.1) is 6.04 Å². The number of amides is 2. The van der Waals surface area contributed by atoms with Crippen molar-refractivity contribution in [2.24, 2.45) is 0 Å². The van der Waals surface area contributed by atoms with Crippen LogP contribution in [0.4, 0.5) is 4.79 Å². The van der Waals surface area contributed by atoms with E-state index in [0.29, 0.717) is 12.5 Å². The van der Waals surface area contributed by atoms with Gasteiger partial charge in [-0.05, 0) is 17.0 Å². The molecule has 2 rings (SSSR count). The molecule has 2 amide bonds. The molecule has 3 heteroatoms. The normalized spacial score (nSPS) is 20.2.